The lowest BCUT2D eigenvalue weighted by molar-refractivity contribution is -0.385. The summed E-state index contributed by atoms with van der Waals surface area (Å²) in [4.78, 5) is 53.4. The molecule has 186 valence electrons. The van der Waals surface area contributed by atoms with E-state index in [1.54, 1.807) is 23.1 Å². The molecule has 1 heterocycles. The molecule has 2 aromatic rings. The summed E-state index contributed by atoms with van der Waals surface area (Å²) in [5.41, 5.74) is 0.573. The van der Waals surface area contributed by atoms with E-state index in [4.69, 9.17) is 23.2 Å². The van der Waals surface area contributed by atoms with E-state index in [-0.39, 0.29) is 22.2 Å². The van der Waals surface area contributed by atoms with Gasteiger partial charge in [0.1, 0.15) is 11.6 Å². The number of anilines is 2. The Kier molecular flexibility index (Phi) is 8.18. The molecule has 0 bridgehead atoms. The van der Waals surface area contributed by atoms with Crippen molar-refractivity contribution in [3.63, 3.8) is 0 Å². The Morgan fingerprint density at radius 3 is 2.29 bits per heavy atom. The van der Waals surface area contributed by atoms with Gasteiger partial charge in [0.25, 0.3) is 11.6 Å². The van der Waals surface area contributed by atoms with Crippen molar-refractivity contribution in [2.24, 2.45) is 0 Å². The van der Waals surface area contributed by atoms with Crippen LogP contribution in [0, 0.1) is 10.1 Å². The number of amides is 3. The Balaban J connectivity index is 1.77. The lowest BCUT2D eigenvalue weighted by Gasteiger charge is -2.35. The molecule has 1 unspecified atom stereocenters. The number of piperazine rings is 1. The van der Waals surface area contributed by atoms with Crippen LogP contribution in [0.3, 0.4) is 0 Å². The number of hydrogen-bond donors (Lipinski definition) is 1. The number of rotatable bonds is 6. The van der Waals surface area contributed by atoms with Crippen LogP contribution in [0.2, 0.25) is 10.0 Å². The Labute approximate surface area is 212 Å². The first-order valence-corrected chi connectivity index (χ1v) is 11.6. The minimum Gasteiger partial charge on any atom is -0.368 e. The van der Waals surface area contributed by atoms with Crippen LogP contribution in [0.15, 0.2) is 36.4 Å². The van der Waals surface area contributed by atoms with Gasteiger partial charge in [-0.05, 0) is 37.3 Å². The Morgan fingerprint density at radius 2 is 1.71 bits per heavy atom. The quantitative estimate of drug-likeness (QED) is 0.460. The largest absolute Gasteiger partial charge is 0.368 e. The molecule has 1 aliphatic rings. The van der Waals surface area contributed by atoms with Gasteiger partial charge >= 0.3 is 0 Å². The summed E-state index contributed by atoms with van der Waals surface area (Å²) in [6.07, 6.45) is 0. The van der Waals surface area contributed by atoms with Gasteiger partial charge in [-0.15, -0.1) is 0 Å². The van der Waals surface area contributed by atoms with Crippen LogP contribution >= 0.6 is 23.2 Å². The van der Waals surface area contributed by atoms with E-state index in [0.29, 0.717) is 42.6 Å². The smallest absolute Gasteiger partial charge is 0.282 e. The molecule has 0 radical (unpaired) electrons. The van der Waals surface area contributed by atoms with Crippen LogP contribution in [-0.2, 0) is 9.59 Å². The van der Waals surface area contributed by atoms with Crippen LogP contribution in [0.4, 0.5) is 17.1 Å². The van der Waals surface area contributed by atoms with E-state index in [0.717, 1.165) is 0 Å². The molecular weight excluding hydrogens is 497 g/mol. The van der Waals surface area contributed by atoms with E-state index < -0.39 is 22.8 Å². The lowest BCUT2D eigenvalue weighted by Crippen LogP contribution is -2.48. The summed E-state index contributed by atoms with van der Waals surface area (Å²) < 4.78 is 0. The van der Waals surface area contributed by atoms with Gasteiger partial charge in [-0.2, -0.15) is 0 Å². The number of benzene rings is 2. The third kappa shape index (κ3) is 6.01. The lowest BCUT2D eigenvalue weighted by atomic mass is 10.1. The van der Waals surface area contributed by atoms with Gasteiger partial charge < -0.3 is 20.0 Å². The number of hydrogen-bond acceptors (Lipinski definition) is 6. The molecule has 12 heteroatoms. The maximum absolute atomic E-state index is 13.0. The Hall–Kier alpha value is -3.37. The van der Waals surface area contributed by atoms with Crippen molar-refractivity contribution in [3.05, 3.63) is 62.1 Å². The molecule has 35 heavy (non-hydrogen) atoms. The van der Waals surface area contributed by atoms with Gasteiger partial charge in [-0.1, -0.05) is 23.2 Å². The van der Waals surface area contributed by atoms with Crippen LogP contribution < -0.4 is 15.1 Å². The minimum absolute atomic E-state index is 0.0158. The maximum atomic E-state index is 13.0. The van der Waals surface area contributed by atoms with Crippen molar-refractivity contribution in [2.45, 2.75) is 19.9 Å². The number of nitrogens with zero attached hydrogens (tertiary/aromatic N) is 4. The standard InChI is InChI=1S/C23H25Cl2N5O5/c1-14(23(33)27(3)16-4-6-19(24)20(25)13-16)26-22(32)18-12-17(5-7-21(18)30(34)35)29-10-8-28(9-11-29)15(2)31/h4-7,12-14H,8-11H2,1-3H3,(H,26,32). The molecule has 1 N–H and O–H groups in total. The number of nitro benzene ring substituents is 1. The van der Waals surface area contributed by atoms with Crippen molar-refractivity contribution in [1.29, 1.82) is 0 Å². The zero-order chi connectivity index (χ0) is 25.9. The highest BCUT2D eigenvalue weighted by atomic mass is 35.5. The van der Waals surface area contributed by atoms with Crippen molar-refractivity contribution in [3.8, 4) is 0 Å². The van der Waals surface area contributed by atoms with Gasteiger partial charge in [-0.3, -0.25) is 24.5 Å². The fourth-order valence-electron chi connectivity index (χ4n) is 3.79. The summed E-state index contributed by atoms with van der Waals surface area (Å²) >= 11 is 12.0. The molecule has 3 rings (SSSR count). The maximum Gasteiger partial charge on any atom is 0.282 e. The minimum atomic E-state index is -0.982. The average Bonchev–Trinajstić information content (AvgIpc) is 2.84. The first-order chi connectivity index (χ1) is 16.5. The zero-order valence-electron chi connectivity index (χ0n) is 19.5. The van der Waals surface area contributed by atoms with E-state index in [1.165, 1.54) is 44.0 Å². The van der Waals surface area contributed by atoms with Crippen LogP contribution in [0.25, 0.3) is 0 Å². The first kappa shape index (κ1) is 26.2. The second-order valence-corrected chi connectivity index (χ2v) is 8.96. The molecule has 10 nitrogen and oxygen atoms in total. The van der Waals surface area contributed by atoms with Crippen molar-refractivity contribution >= 4 is 58.0 Å². The van der Waals surface area contributed by atoms with Gasteiger partial charge in [0.2, 0.25) is 11.8 Å². The molecule has 1 atom stereocenters. The second kappa shape index (κ2) is 10.9. The van der Waals surface area contributed by atoms with Crippen molar-refractivity contribution in [1.82, 2.24) is 10.2 Å². The van der Waals surface area contributed by atoms with Gasteiger partial charge in [-0.25, -0.2) is 0 Å². The van der Waals surface area contributed by atoms with Gasteiger partial charge in [0.05, 0.1) is 15.0 Å². The highest BCUT2D eigenvalue weighted by Gasteiger charge is 2.27. The molecule has 3 amide bonds. The molecular formula is C23H25Cl2N5O5. The number of carbonyl (C=O) groups excluding carboxylic acids is 3. The van der Waals surface area contributed by atoms with Gasteiger partial charge in [0, 0.05) is 57.6 Å². The zero-order valence-corrected chi connectivity index (χ0v) is 21.0. The Morgan fingerprint density at radius 1 is 1.06 bits per heavy atom. The summed E-state index contributed by atoms with van der Waals surface area (Å²) in [6.45, 7) is 5.08. The topological polar surface area (TPSA) is 116 Å². The van der Waals surface area contributed by atoms with E-state index in [2.05, 4.69) is 5.32 Å². The Bertz CT molecular complexity index is 1170. The molecule has 1 aliphatic heterocycles. The van der Waals surface area contributed by atoms with Crippen LogP contribution in [0.5, 0.6) is 0 Å². The number of carbonyl (C=O) groups is 3. The van der Waals surface area contributed by atoms with E-state index >= 15 is 0 Å². The summed E-state index contributed by atoms with van der Waals surface area (Å²) in [7, 11) is 1.52. The fourth-order valence-corrected chi connectivity index (χ4v) is 4.08. The third-order valence-electron chi connectivity index (χ3n) is 5.85. The molecule has 0 aliphatic carbocycles. The molecule has 0 spiro atoms. The average molecular weight is 522 g/mol. The first-order valence-electron chi connectivity index (χ1n) is 10.8. The summed E-state index contributed by atoms with van der Waals surface area (Å²) in [5, 5.41) is 14.7. The molecule has 2 aromatic carbocycles. The number of nitrogens with one attached hydrogen (secondary N) is 1. The summed E-state index contributed by atoms with van der Waals surface area (Å²) in [5.74, 6) is -1.21. The molecule has 0 saturated carbocycles. The molecule has 0 aromatic heterocycles. The van der Waals surface area contributed by atoms with Crippen molar-refractivity contribution in [2.75, 3.05) is 43.0 Å². The van der Waals surface area contributed by atoms with Crippen LogP contribution in [-0.4, -0.2) is 66.8 Å². The predicted octanol–water partition coefficient (Wildman–Crippen LogP) is 3.35. The van der Waals surface area contributed by atoms with Crippen molar-refractivity contribution < 1.29 is 19.3 Å². The second-order valence-electron chi connectivity index (χ2n) is 8.14. The van der Waals surface area contributed by atoms with E-state index in [9.17, 15) is 24.5 Å². The summed E-state index contributed by atoms with van der Waals surface area (Å²) in [6, 6.07) is 8.00. The highest BCUT2D eigenvalue weighted by Crippen LogP contribution is 2.28. The highest BCUT2D eigenvalue weighted by molar-refractivity contribution is 6.42. The monoisotopic (exact) mass is 521 g/mol. The van der Waals surface area contributed by atoms with E-state index in [1.807, 2.05) is 4.90 Å². The molecule has 1 saturated heterocycles. The normalized spacial score (nSPS) is 14.3. The SMILES string of the molecule is CC(=O)N1CCN(c2ccc([N+](=O)[O-])c(C(=O)NC(C)C(=O)N(C)c3ccc(Cl)c(Cl)c3)c2)CC1. The fraction of sp³-hybridized carbons (Fsp3) is 0.348. The number of halogens is 2. The van der Waals surface area contributed by atoms with Crippen LogP contribution in [0.1, 0.15) is 24.2 Å². The van der Waals surface area contributed by atoms with Gasteiger partial charge in [0.15, 0.2) is 0 Å². The third-order valence-corrected chi connectivity index (χ3v) is 6.59. The number of likely N-dealkylation sites (N-methyl/N-ethyl adjacent to an activating group) is 1. The molecule has 1 fully saturated rings. The number of nitro groups is 1. The predicted molar refractivity (Wildman–Crippen MR) is 134 cm³/mol.